The number of amides is 1. The Labute approximate surface area is 121 Å². The highest BCUT2D eigenvalue weighted by Gasteiger charge is 2.38. The average Bonchev–Trinajstić information content (AvgIpc) is 2.48. The average molecular weight is 274 g/mol. The van der Waals surface area contributed by atoms with Gasteiger partial charge in [0.15, 0.2) is 0 Å². The lowest BCUT2D eigenvalue weighted by Crippen LogP contribution is -2.47. The van der Waals surface area contributed by atoms with Crippen molar-refractivity contribution in [3.63, 3.8) is 0 Å². The van der Waals surface area contributed by atoms with Gasteiger partial charge in [0, 0.05) is 6.54 Å². The van der Waals surface area contributed by atoms with Crippen LogP contribution in [0.1, 0.15) is 56.2 Å². The Morgan fingerprint density at radius 3 is 2.55 bits per heavy atom. The van der Waals surface area contributed by atoms with Crippen LogP contribution in [0.25, 0.3) is 0 Å². The van der Waals surface area contributed by atoms with Crippen molar-refractivity contribution in [1.29, 1.82) is 0 Å². The summed E-state index contributed by atoms with van der Waals surface area (Å²) in [4.78, 5) is 12.7. The van der Waals surface area contributed by atoms with Crippen molar-refractivity contribution in [2.24, 2.45) is 11.1 Å². The zero-order chi connectivity index (χ0) is 14.6. The summed E-state index contributed by atoms with van der Waals surface area (Å²) in [6.07, 6.45) is 5.31. The molecule has 1 aromatic carbocycles. The Balaban J connectivity index is 2.08. The lowest BCUT2D eigenvalue weighted by molar-refractivity contribution is -0.133. The van der Waals surface area contributed by atoms with Crippen LogP contribution in [0.2, 0.25) is 0 Å². The van der Waals surface area contributed by atoms with E-state index in [4.69, 9.17) is 5.73 Å². The largest absolute Gasteiger partial charge is 0.349 e. The number of carbonyl (C=O) groups is 1. The molecule has 0 bridgehead atoms. The summed E-state index contributed by atoms with van der Waals surface area (Å²) in [5.74, 6) is 0.135. The molecule has 110 valence electrons. The van der Waals surface area contributed by atoms with Crippen LogP contribution in [-0.2, 0) is 4.79 Å². The molecule has 0 radical (unpaired) electrons. The highest BCUT2D eigenvalue weighted by atomic mass is 16.2. The highest BCUT2D eigenvalue weighted by Crippen LogP contribution is 2.36. The maximum atomic E-state index is 12.7. The summed E-state index contributed by atoms with van der Waals surface area (Å²) in [6.45, 7) is 4.59. The van der Waals surface area contributed by atoms with Crippen molar-refractivity contribution in [2.75, 3.05) is 6.54 Å². The minimum atomic E-state index is -0.338. The second-order valence-corrected chi connectivity index (χ2v) is 6.10. The lowest BCUT2D eigenvalue weighted by atomic mass is 9.73. The Bertz CT molecular complexity index is 464. The normalized spacial score (nSPS) is 19.4. The van der Waals surface area contributed by atoms with Crippen molar-refractivity contribution >= 4 is 5.91 Å². The van der Waals surface area contributed by atoms with E-state index < -0.39 is 0 Å². The van der Waals surface area contributed by atoms with E-state index >= 15 is 0 Å². The van der Waals surface area contributed by atoms with Gasteiger partial charge in [0.25, 0.3) is 0 Å². The van der Waals surface area contributed by atoms with Crippen molar-refractivity contribution in [1.82, 2.24) is 5.32 Å². The van der Waals surface area contributed by atoms with Gasteiger partial charge in [-0.25, -0.2) is 0 Å². The standard InChI is InChI=1S/C17H26N2O/c1-13-8-4-5-9-15(13)14(2)19-16(20)17(12-18)10-6-3-7-11-17/h4-5,8-9,14H,3,6-7,10-12,18H2,1-2H3,(H,19,20)/t14-/m0/s1. The molecule has 0 aromatic heterocycles. The molecule has 1 aliphatic carbocycles. The third kappa shape index (κ3) is 3.04. The van der Waals surface area contributed by atoms with Crippen LogP contribution in [0.4, 0.5) is 0 Å². The Kier molecular flexibility index (Phi) is 4.81. The zero-order valence-corrected chi connectivity index (χ0v) is 12.6. The number of nitrogens with one attached hydrogen (secondary N) is 1. The van der Waals surface area contributed by atoms with Gasteiger partial charge in [-0.2, -0.15) is 0 Å². The van der Waals surface area contributed by atoms with Crippen LogP contribution in [0, 0.1) is 12.3 Å². The smallest absolute Gasteiger partial charge is 0.227 e. The summed E-state index contributed by atoms with van der Waals surface area (Å²) in [5, 5.41) is 3.18. The van der Waals surface area contributed by atoms with Crippen molar-refractivity contribution in [3.05, 3.63) is 35.4 Å². The molecule has 0 saturated heterocycles. The molecule has 1 amide bonds. The number of nitrogens with two attached hydrogens (primary N) is 1. The Morgan fingerprint density at radius 1 is 1.30 bits per heavy atom. The van der Waals surface area contributed by atoms with Gasteiger partial charge >= 0.3 is 0 Å². The van der Waals surface area contributed by atoms with Crippen LogP contribution in [-0.4, -0.2) is 12.5 Å². The minimum Gasteiger partial charge on any atom is -0.349 e. The number of carbonyl (C=O) groups excluding carboxylic acids is 1. The molecule has 2 rings (SSSR count). The van der Waals surface area contributed by atoms with E-state index in [1.807, 2.05) is 19.1 Å². The first-order chi connectivity index (χ1) is 9.59. The van der Waals surface area contributed by atoms with E-state index in [1.54, 1.807) is 0 Å². The predicted octanol–water partition coefficient (Wildman–Crippen LogP) is 3.08. The maximum Gasteiger partial charge on any atom is 0.227 e. The first-order valence-corrected chi connectivity index (χ1v) is 7.66. The van der Waals surface area contributed by atoms with Gasteiger partial charge in [0.05, 0.1) is 11.5 Å². The molecule has 1 aliphatic rings. The number of aryl methyl sites for hydroxylation is 1. The molecule has 1 atom stereocenters. The van der Waals surface area contributed by atoms with E-state index in [1.165, 1.54) is 17.5 Å². The second-order valence-electron chi connectivity index (χ2n) is 6.10. The fourth-order valence-electron chi connectivity index (χ4n) is 3.25. The Morgan fingerprint density at radius 2 is 1.95 bits per heavy atom. The molecular formula is C17H26N2O. The van der Waals surface area contributed by atoms with Gasteiger partial charge in [-0.05, 0) is 37.8 Å². The van der Waals surface area contributed by atoms with Gasteiger partial charge in [-0.1, -0.05) is 43.5 Å². The van der Waals surface area contributed by atoms with Gasteiger partial charge in [-0.3, -0.25) is 4.79 Å². The monoisotopic (exact) mass is 274 g/mol. The van der Waals surface area contributed by atoms with Crippen LogP contribution in [0.5, 0.6) is 0 Å². The van der Waals surface area contributed by atoms with E-state index in [9.17, 15) is 4.79 Å². The quantitative estimate of drug-likeness (QED) is 0.886. The Hall–Kier alpha value is -1.35. The van der Waals surface area contributed by atoms with E-state index in [0.717, 1.165) is 25.7 Å². The molecular weight excluding hydrogens is 248 g/mol. The van der Waals surface area contributed by atoms with Crippen molar-refractivity contribution < 1.29 is 4.79 Å². The zero-order valence-electron chi connectivity index (χ0n) is 12.6. The molecule has 3 N–H and O–H groups in total. The first-order valence-electron chi connectivity index (χ1n) is 7.66. The van der Waals surface area contributed by atoms with Crippen LogP contribution in [0.3, 0.4) is 0 Å². The molecule has 0 unspecified atom stereocenters. The second kappa shape index (κ2) is 6.40. The van der Waals surface area contributed by atoms with E-state index in [2.05, 4.69) is 24.4 Å². The third-order valence-corrected chi connectivity index (χ3v) is 4.69. The molecule has 0 spiro atoms. The molecule has 0 aliphatic heterocycles. The van der Waals surface area contributed by atoms with E-state index in [0.29, 0.717) is 6.54 Å². The number of hydrogen-bond donors (Lipinski definition) is 2. The van der Waals surface area contributed by atoms with Gasteiger partial charge in [-0.15, -0.1) is 0 Å². The van der Waals surface area contributed by atoms with Gasteiger partial charge in [0.1, 0.15) is 0 Å². The fourth-order valence-corrected chi connectivity index (χ4v) is 3.25. The molecule has 3 nitrogen and oxygen atoms in total. The summed E-state index contributed by atoms with van der Waals surface area (Å²) in [6, 6.07) is 8.24. The highest BCUT2D eigenvalue weighted by molar-refractivity contribution is 5.83. The summed E-state index contributed by atoms with van der Waals surface area (Å²) >= 11 is 0. The minimum absolute atomic E-state index is 0.0362. The topological polar surface area (TPSA) is 55.1 Å². The van der Waals surface area contributed by atoms with E-state index in [-0.39, 0.29) is 17.4 Å². The molecule has 20 heavy (non-hydrogen) atoms. The number of hydrogen-bond acceptors (Lipinski definition) is 2. The van der Waals surface area contributed by atoms with Crippen LogP contribution in [0.15, 0.2) is 24.3 Å². The number of benzene rings is 1. The third-order valence-electron chi connectivity index (χ3n) is 4.69. The predicted molar refractivity (Wildman–Crippen MR) is 82.3 cm³/mol. The molecule has 3 heteroatoms. The van der Waals surface area contributed by atoms with Crippen LogP contribution < -0.4 is 11.1 Å². The van der Waals surface area contributed by atoms with Gasteiger partial charge in [0.2, 0.25) is 5.91 Å². The molecule has 1 saturated carbocycles. The summed E-state index contributed by atoms with van der Waals surface area (Å²) in [5.41, 5.74) is 7.98. The summed E-state index contributed by atoms with van der Waals surface area (Å²) in [7, 11) is 0. The molecule has 1 aromatic rings. The SMILES string of the molecule is Cc1ccccc1[C@H](C)NC(=O)C1(CN)CCCCC1. The molecule has 1 fully saturated rings. The number of rotatable bonds is 4. The van der Waals surface area contributed by atoms with Gasteiger partial charge < -0.3 is 11.1 Å². The maximum absolute atomic E-state index is 12.7. The molecule has 0 heterocycles. The fraction of sp³-hybridized carbons (Fsp3) is 0.588. The first kappa shape index (κ1) is 15.0. The lowest BCUT2D eigenvalue weighted by Gasteiger charge is -2.35. The van der Waals surface area contributed by atoms with Crippen molar-refractivity contribution in [3.8, 4) is 0 Å². The van der Waals surface area contributed by atoms with Crippen molar-refractivity contribution in [2.45, 2.75) is 52.0 Å². The summed E-state index contributed by atoms with van der Waals surface area (Å²) < 4.78 is 0. The van der Waals surface area contributed by atoms with Crippen LogP contribution >= 0.6 is 0 Å².